The number of amides is 1. The third-order valence-corrected chi connectivity index (χ3v) is 3.97. The summed E-state index contributed by atoms with van der Waals surface area (Å²) in [6, 6.07) is 5.40. The summed E-state index contributed by atoms with van der Waals surface area (Å²) in [5.41, 5.74) is 8.01. The number of benzene rings is 1. The predicted molar refractivity (Wildman–Crippen MR) is 97.0 cm³/mol. The van der Waals surface area contributed by atoms with Crippen molar-refractivity contribution in [2.45, 2.75) is 20.3 Å². The molecule has 1 aromatic heterocycles. The van der Waals surface area contributed by atoms with E-state index in [1.54, 1.807) is 12.1 Å². The van der Waals surface area contributed by atoms with Gasteiger partial charge in [-0.2, -0.15) is 5.10 Å². The molecular weight excluding hydrogens is 342 g/mol. The Morgan fingerprint density at radius 1 is 1.28 bits per heavy atom. The first kappa shape index (κ1) is 17.0. The first-order valence-corrected chi connectivity index (χ1v) is 8.30. The van der Waals surface area contributed by atoms with Gasteiger partial charge in [-0.05, 0) is 37.7 Å². The van der Waals surface area contributed by atoms with E-state index in [0.717, 1.165) is 23.4 Å². The number of H-pyrrole nitrogens is 1. The lowest BCUT2D eigenvalue weighted by Crippen LogP contribution is -2.44. The molecule has 0 fully saturated rings. The van der Waals surface area contributed by atoms with Crippen molar-refractivity contribution in [3.63, 3.8) is 0 Å². The number of anilines is 1. The molecule has 9 heteroatoms. The summed E-state index contributed by atoms with van der Waals surface area (Å²) in [4.78, 5) is 12.2. The minimum atomic E-state index is -0.361. The maximum atomic E-state index is 12.2. The molecule has 0 bridgehead atoms. The molecule has 1 aliphatic rings. The van der Waals surface area contributed by atoms with Crippen LogP contribution in [0.4, 0.5) is 5.69 Å². The molecule has 1 aliphatic heterocycles. The van der Waals surface area contributed by atoms with Crippen molar-refractivity contribution in [2.24, 2.45) is 0 Å². The Balaban J connectivity index is 1.56. The molecule has 1 amide bonds. The standard InChI is InChI=1S/C16H19N5O3S/c1-3-11-9(2)14(19-18-11)15(22)20-21-16(25)17-10-4-5-12-13(8-10)24-7-6-23-12/h4-5,8H,3,6-7H2,1-2H3,(H,18,19)(H,20,22)(H2,17,21,25). The maximum Gasteiger partial charge on any atom is 0.290 e. The van der Waals surface area contributed by atoms with Gasteiger partial charge in [-0.3, -0.25) is 20.7 Å². The Hall–Kier alpha value is -2.81. The van der Waals surface area contributed by atoms with Crippen LogP contribution in [0.1, 0.15) is 28.7 Å². The lowest BCUT2D eigenvalue weighted by Gasteiger charge is -2.19. The Kier molecular flexibility index (Phi) is 5.03. The lowest BCUT2D eigenvalue weighted by molar-refractivity contribution is 0.0938. The van der Waals surface area contributed by atoms with E-state index in [4.69, 9.17) is 21.7 Å². The van der Waals surface area contributed by atoms with Crippen molar-refractivity contribution < 1.29 is 14.3 Å². The van der Waals surface area contributed by atoms with Crippen LogP contribution in [0, 0.1) is 6.92 Å². The molecule has 2 heterocycles. The number of nitrogens with zero attached hydrogens (tertiary/aromatic N) is 1. The summed E-state index contributed by atoms with van der Waals surface area (Å²) in [5, 5.41) is 10.1. The second kappa shape index (κ2) is 7.39. The molecule has 1 aromatic carbocycles. The van der Waals surface area contributed by atoms with Crippen LogP contribution < -0.4 is 25.6 Å². The number of ether oxygens (including phenoxy) is 2. The van der Waals surface area contributed by atoms with Crippen LogP contribution in [0.25, 0.3) is 0 Å². The number of thiocarbonyl (C=S) groups is 1. The van der Waals surface area contributed by atoms with E-state index in [0.29, 0.717) is 30.4 Å². The summed E-state index contributed by atoms with van der Waals surface area (Å²) in [6.07, 6.45) is 0.781. The van der Waals surface area contributed by atoms with Crippen molar-refractivity contribution in [1.82, 2.24) is 21.0 Å². The number of carbonyl (C=O) groups is 1. The minimum absolute atomic E-state index is 0.244. The van der Waals surface area contributed by atoms with Crippen molar-refractivity contribution in [3.8, 4) is 11.5 Å². The first-order valence-electron chi connectivity index (χ1n) is 7.89. The van der Waals surface area contributed by atoms with Gasteiger partial charge < -0.3 is 14.8 Å². The van der Waals surface area contributed by atoms with Gasteiger partial charge >= 0.3 is 0 Å². The number of hydrogen-bond acceptors (Lipinski definition) is 5. The van der Waals surface area contributed by atoms with E-state index in [1.807, 2.05) is 19.9 Å². The molecule has 0 saturated heterocycles. The topological polar surface area (TPSA) is 100 Å². The molecule has 2 aromatic rings. The number of carbonyl (C=O) groups excluding carboxylic acids is 1. The number of aromatic nitrogens is 2. The first-order chi connectivity index (χ1) is 12.1. The van der Waals surface area contributed by atoms with Gasteiger partial charge in [0.25, 0.3) is 5.91 Å². The average molecular weight is 361 g/mol. The fourth-order valence-corrected chi connectivity index (χ4v) is 2.62. The Bertz CT molecular complexity index is 805. The number of hydrogen-bond donors (Lipinski definition) is 4. The van der Waals surface area contributed by atoms with Crippen molar-refractivity contribution in [2.75, 3.05) is 18.5 Å². The maximum absolute atomic E-state index is 12.2. The Labute approximate surface area is 150 Å². The zero-order valence-electron chi connectivity index (χ0n) is 13.9. The second-order valence-corrected chi connectivity index (χ2v) is 5.83. The van der Waals surface area contributed by atoms with E-state index in [2.05, 4.69) is 26.4 Å². The van der Waals surface area contributed by atoms with E-state index >= 15 is 0 Å². The van der Waals surface area contributed by atoms with Gasteiger partial charge in [-0.25, -0.2) is 0 Å². The van der Waals surface area contributed by atoms with Crippen molar-refractivity contribution in [1.29, 1.82) is 0 Å². The molecule has 0 atom stereocenters. The van der Waals surface area contributed by atoms with Crippen LogP contribution in [-0.2, 0) is 6.42 Å². The van der Waals surface area contributed by atoms with Gasteiger partial charge in [0.15, 0.2) is 22.3 Å². The molecule has 0 radical (unpaired) electrons. The van der Waals surface area contributed by atoms with Crippen LogP contribution in [0.2, 0.25) is 0 Å². The molecule has 0 unspecified atom stereocenters. The number of aromatic amines is 1. The molecule has 0 aliphatic carbocycles. The zero-order valence-corrected chi connectivity index (χ0v) is 14.8. The zero-order chi connectivity index (χ0) is 17.8. The van der Waals surface area contributed by atoms with Gasteiger partial charge in [0.2, 0.25) is 0 Å². The lowest BCUT2D eigenvalue weighted by atomic mass is 10.1. The van der Waals surface area contributed by atoms with Crippen molar-refractivity contribution >= 4 is 28.9 Å². The highest BCUT2D eigenvalue weighted by molar-refractivity contribution is 7.80. The molecular formula is C16H19N5O3S. The molecule has 8 nitrogen and oxygen atoms in total. The highest BCUT2D eigenvalue weighted by Gasteiger charge is 2.16. The SMILES string of the molecule is CCc1[nH]nc(C(=O)NNC(=S)Nc2ccc3c(c2)OCCO3)c1C. The van der Waals surface area contributed by atoms with Crippen LogP contribution >= 0.6 is 12.2 Å². The summed E-state index contributed by atoms with van der Waals surface area (Å²) < 4.78 is 11.0. The monoisotopic (exact) mass is 361 g/mol. The highest BCUT2D eigenvalue weighted by atomic mass is 32.1. The molecule has 132 valence electrons. The van der Waals surface area contributed by atoms with Gasteiger partial charge in [-0.1, -0.05) is 6.92 Å². The fraction of sp³-hybridized carbons (Fsp3) is 0.312. The smallest absolute Gasteiger partial charge is 0.290 e. The Morgan fingerprint density at radius 3 is 2.76 bits per heavy atom. The van der Waals surface area contributed by atoms with E-state index in [9.17, 15) is 4.79 Å². The highest BCUT2D eigenvalue weighted by Crippen LogP contribution is 2.32. The van der Waals surface area contributed by atoms with Gasteiger partial charge in [0.1, 0.15) is 13.2 Å². The molecule has 3 rings (SSSR count). The van der Waals surface area contributed by atoms with Gasteiger partial charge in [-0.15, -0.1) is 0 Å². The number of fused-ring (bicyclic) bond motifs is 1. The van der Waals surface area contributed by atoms with E-state index < -0.39 is 0 Å². The normalized spacial score (nSPS) is 12.4. The molecule has 4 N–H and O–H groups in total. The number of hydrazine groups is 1. The largest absolute Gasteiger partial charge is 0.486 e. The number of aryl methyl sites for hydroxylation is 1. The quantitative estimate of drug-likeness (QED) is 0.487. The Morgan fingerprint density at radius 2 is 2.04 bits per heavy atom. The van der Waals surface area contributed by atoms with Crippen LogP contribution in [0.5, 0.6) is 11.5 Å². The fourth-order valence-electron chi connectivity index (χ4n) is 2.46. The van der Waals surface area contributed by atoms with Gasteiger partial charge in [0.05, 0.1) is 0 Å². The van der Waals surface area contributed by atoms with Crippen LogP contribution in [0.15, 0.2) is 18.2 Å². The minimum Gasteiger partial charge on any atom is -0.486 e. The summed E-state index contributed by atoms with van der Waals surface area (Å²) in [7, 11) is 0. The second-order valence-electron chi connectivity index (χ2n) is 5.42. The van der Waals surface area contributed by atoms with Crippen molar-refractivity contribution in [3.05, 3.63) is 35.2 Å². The predicted octanol–water partition coefficient (Wildman–Crippen LogP) is 1.68. The molecule has 0 spiro atoms. The summed E-state index contributed by atoms with van der Waals surface area (Å²) in [5.74, 6) is 0.992. The van der Waals surface area contributed by atoms with Gasteiger partial charge in [0, 0.05) is 23.0 Å². The summed E-state index contributed by atoms with van der Waals surface area (Å²) >= 11 is 5.18. The number of nitrogens with one attached hydrogen (secondary N) is 4. The third kappa shape index (κ3) is 3.82. The van der Waals surface area contributed by atoms with Crippen LogP contribution in [0.3, 0.4) is 0 Å². The molecule has 25 heavy (non-hydrogen) atoms. The molecule has 0 saturated carbocycles. The van der Waals surface area contributed by atoms with E-state index in [-0.39, 0.29) is 11.0 Å². The number of rotatable bonds is 3. The van der Waals surface area contributed by atoms with E-state index in [1.165, 1.54) is 0 Å². The van der Waals surface area contributed by atoms with Crippen LogP contribution in [-0.4, -0.2) is 34.4 Å². The summed E-state index contributed by atoms with van der Waals surface area (Å²) in [6.45, 7) is 4.89. The third-order valence-electron chi connectivity index (χ3n) is 3.77. The average Bonchev–Trinajstić information content (AvgIpc) is 3.00.